The van der Waals surface area contributed by atoms with Crippen molar-refractivity contribution in [2.45, 2.75) is 32.4 Å². The SMILES string of the molecule is Cc1ccccc1CN1CCC(NC(=O)COc2ccc(I)cc2)CC1. The van der Waals surface area contributed by atoms with Crippen molar-refractivity contribution in [3.05, 3.63) is 63.2 Å². The Hall–Kier alpha value is -1.60. The number of piperidine rings is 1. The molecule has 1 heterocycles. The number of benzene rings is 2. The Labute approximate surface area is 169 Å². The van der Waals surface area contributed by atoms with Crippen LogP contribution in [0.5, 0.6) is 5.75 Å². The van der Waals surface area contributed by atoms with Gasteiger partial charge in [-0.2, -0.15) is 0 Å². The first-order chi connectivity index (χ1) is 12.6. The lowest BCUT2D eigenvalue weighted by Gasteiger charge is -2.32. The Kier molecular flexibility index (Phi) is 6.91. The second kappa shape index (κ2) is 9.37. The number of rotatable bonds is 6. The van der Waals surface area contributed by atoms with Gasteiger partial charge in [-0.15, -0.1) is 0 Å². The Morgan fingerprint density at radius 3 is 2.54 bits per heavy atom. The number of ether oxygens (including phenoxy) is 1. The van der Waals surface area contributed by atoms with E-state index in [1.54, 1.807) is 0 Å². The number of nitrogens with one attached hydrogen (secondary N) is 1. The van der Waals surface area contributed by atoms with Crippen molar-refractivity contribution in [2.24, 2.45) is 0 Å². The van der Waals surface area contributed by atoms with Crippen molar-refractivity contribution in [1.82, 2.24) is 10.2 Å². The van der Waals surface area contributed by atoms with Crippen LogP contribution in [0.15, 0.2) is 48.5 Å². The summed E-state index contributed by atoms with van der Waals surface area (Å²) in [4.78, 5) is 14.6. The van der Waals surface area contributed by atoms with Crippen molar-refractivity contribution in [3.63, 3.8) is 0 Å². The number of carbonyl (C=O) groups excluding carboxylic acids is 1. The van der Waals surface area contributed by atoms with Crippen LogP contribution in [0.4, 0.5) is 0 Å². The van der Waals surface area contributed by atoms with Crippen LogP contribution in [-0.4, -0.2) is 36.5 Å². The number of amides is 1. The van der Waals surface area contributed by atoms with E-state index in [1.165, 1.54) is 11.1 Å². The molecule has 2 aromatic rings. The van der Waals surface area contributed by atoms with Crippen molar-refractivity contribution in [1.29, 1.82) is 0 Å². The zero-order chi connectivity index (χ0) is 18.4. The molecule has 0 aromatic heterocycles. The average Bonchev–Trinajstić information content (AvgIpc) is 2.65. The Balaban J connectivity index is 1.38. The molecule has 1 amide bonds. The monoisotopic (exact) mass is 464 g/mol. The molecule has 0 aliphatic carbocycles. The lowest BCUT2D eigenvalue weighted by atomic mass is 10.0. The molecule has 0 saturated carbocycles. The molecule has 0 spiro atoms. The summed E-state index contributed by atoms with van der Waals surface area (Å²) in [5.41, 5.74) is 2.73. The van der Waals surface area contributed by atoms with Gasteiger partial charge in [0.2, 0.25) is 0 Å². The number of halogens is 1. The van der Waals surface area contributed by atoms with Crippen LogP contribution < -0.4 is 10.1 Å². The minimum absolute atomic E-state index is 0.0408. The highest BCUT2D eigenvalue weighted by molar-refractivity contribution is 14.1. The summed E-state index contributed by atoms with van der Waals surface area (Å²) in [6.07, 6.45) is 1.97. The average molecular weight is 464 g/mol. The number of likely N-dealkylation sites (tertiary alicyclic amines) is 1. The van der Waals surface area contributed by atoms with Crippen LogP contribution >= 0.6 is 22.6 Å². The van der Waals surface area contributed by atoms with Gasteiger partial charge in [0.25, 0.3) is 5.91 Å². The van der Waals surface area contributed by atoms with Crippen molar-refractivity contribution in [3.8, 4) is 5.75 Å². The molecule has 0 bridgehead atoms. The zero-order valence-electron chi connectivity index (χ0n) is 15.1. The van der Waals surface area contributed by atoms with Gasteiger partial charge >= 0.3 is 0 Å². The molecule has 1 saturated heterocycles. The first-order valence-electron chi connectivity index (χ1n) is 9.05. The molecule has 1 aliphatic rings. The van der Waals surface area contributed by atoms with Crippen molar-refractivity contribution >= 4 is 28.5 Å². The van der Waals surface area contributed by atoms with Crippen LogP contribution in [0.25, 0.3) is 0 Å². The van der Waals surface area contributed by atoms with Crippen LogP contribution in [-0.2, 0) is 11.3 Å². The second-order valence-corrected chi connectivity index (χ2v) is 8.03. The summed E-state index contributed by atoms with van der Waals surface area (Å²) in [5.74, 6) is 0.689. The Bertz CT molecular complexity index is 725. The summed E-state index contributed by atoms with van der Waals surface area (Å²) < 4.78 is 6.70. The standard InChI is InChI=1S/C21H25IN2O2/c1-16-4-2-3-5-17(16)14-24-12-10-19(11-13-24)23-21(25)15-26-20-8-6-18(22)7-9-20/h2-9,19H,10-15H2,1H3,(H,23,25). The first-order valence-corrected chi connectivity index (χ1v) is 10.1. The highest BCUT2D eigenvalue weighted by atomic mass is 127. The molecule has 2 aromatic carbocycles. The molecule has 0 unspecified atom stereocenters. The fraction of sp³-hybridized carbons (Fsp3) is 0.381. The van der Waals surface area contributed by atoms with Gasteiger partial charge in [0, 0.05) is 29.2 Å². The molecule has 4 nitrogen and oxygen atoms in total. The van der Waals surface area contributed by atoms with Gasteiger partial charge < -0.3 is 10.1 Å². The van der Waals surface area contributed by atoms with E-state index in [0.717, 1.165) is 41.8 Å². The molecular formula is C21H25IN2O2. The van der Waals surface area contributed by atoms with E-state index in [0.29, 0.717) is 0 Å². The summed E-state index contributed by atoms with van der Waals surface area (Å²) in [5, 5.41) is 3.10. The van der Waals surface area contributed by atoms with Gasteiger partial charge in [0.05, 0.1) is 0 Å². The van der Waals surface area contributed by atoms with Gasteiger partial charge in [-0.1, -0.05) is 24.3 Å². The minimum Gasteiger partial charge on any atom is -0.484 e. The van der Waals surface area contributed by atoms with E-state index < -0.39 is 0 Å². The third-order valence-corrected chi connectivity index (χ3v) is 5.51. The third-order valence-electron chi connectivity index (χ3n) is 4.79. The highest BCUT2D eigenvalue weighted by Crippen LogP contribution is 2.16. The summed E-state index contributed by atoms with van der Waals surface area (Å²) in [7, 11) is 0. The molecule has 1 N–H and O–H groups in total. The number of hydrogen-bond donors (Lipinski definition) is 1. The highest BCUT2D eigenvalue weighted by Gasteiger charge is 2.21. The molecule has 0 atom stereocenters. The molecule has 3 rings (SSSR count). The topological polar surface area (TPSA) is 41.6 Å². The van der Waals surface area contributed by atoms with Gasteiger partial charge in [-0.25, -0.2) is 0 Å². The normalized spacial score (nSPS) is 15.6. The van der Waals surface area contributed by atoms with Crippen LogP contribution in [0, 0.1) is 10.5 Å². The van der Waals surface area contributed by atoms with Crippen LogP contribution in [0.3, 0.4) is 0 Å². The molecular weight excluding hydrogens is 439 g/mol. The van der Waals surface area contributed by atoms with Gasteiger partial charge in [0.15, 0.2) is 6.61 Å². The number of aryl methyl sites for hydroxylation is 1. The largest absolute Gasteiger partial charge is 0.484 e. The first kappa shape index (κ1) is 19.2. The van der Waals surface area contributed by atoms with Gasteiger partial charge in [-0.3, -0.25) is 9.69 Å². The van der Waals surface area contributed by atoms with E-state index in [9.17, 15) is 4.79 Å². The molecule has 138 valence electrons. The van der Waals surface area contributed by atoms with Gasteiger partial charge in [0.1, 0.15) is 5.75 Å². The predicted octanol–water partition coefficient (Wildman–Crippen LogP) is 3.76. The fourth-order valence-electron chi connectivity index (χ4n) is 3.21. The second-order valence-electron chi connectivity index (χ2n) is 6.79. The maximum atomic E-state index is 12.1. The third kappa shape index (κ3) is 5.71. The number of nitrogens with zero attached hydrogens (tertiary/aromatic N) is 1. The lowest BCUT2D eigenvalue weighted by Crippen LogP contribution is -2.45. The van der Waals surface area contributed by atoms with Crippen molar-refractivity contribution in [2.75, 3.05) is 19.7 Å². The lowest BCUT2D eigenvalue weighted by molar-refractivity contribution is -0.124. The van der Waals surface area contributed by atoms with Crippen LogP contribution in [0.2, 0.25) is 0 Å². The number of carbonyl (C=O) groups is 1. The van der Waals surface area contributed by atoms with E-state index in [4.69, 9.17) is 4.74 Å². The molecule has 5 heteroatoms. The summed E-state index contributed by atoms with van der Waals surface area (Å²) in [6, 6.07) is 16.5. The number of hydrogen-bond acceptors (Lipinski definition) is 3. The van der Waals surface area contributed by atoms with E-state index in [1.807, 2.05) is 24.3 Å². The van der Waals surface area contributed by atoms with Crippen LogP contribution in [0.1, 0.15) is 24.0 Å². The molecule has 26 heavy (non-hydrogen) atoms. The molecule has 1 aliphatic heterocycles. The van der Waals surface area contributed by atoms with E-state index in [-0.39, 0.29) is 18.6 Å². The Morgan fingerprint density at radius 1 is 1.15 bits per heavy atom. The maximum absolute atomic E-state index is 12.1. The van der Waals surface area contributed by atoms with Crippen molar-refractivity contribution < 1.29 is 9.53 Å². The minimum atomic E-state index is -0.0408. The maximum Gasteiger partial charge on any atom is 0.258 e. The van der Waals surface area contributed by atoms with Gasteiger partial charge in [-0.05, 0) is 77.7 Å². The predicted molar refractivity (Wildman–Crippen MR) is 112 cm³/mol. The fourth-order valence-corrected chi connectivity index (χ4v) is 3.57. The molecule has 1 fully saturated rings. The zero-order valence-corrected chi connectivity index (χ0v) is 17.2. The summed E-state index contributed by atoms with van der Waals surface area (Å²) >= 11 is 2.25. The smallest absolute Gasteiger partial charge is 0.258 e. The van der Waals surface area contributed by atoms with E-state index >= 15 is 0 Å². The summed E-state index contributed by atoms with van der Waals surface area (Å²) in [6.45, 7) is 5.25. The van der Waals surface area contributed by atoms with E-state index in [2.05, 4.69) is 64.0 Å². The Morgan fingerprint density at radius 2 is 1.85 bits per heavy atom. The molecule has 0 radical (unpaired) electrons. The quantitative estimate of drug-likeness (QED) is 0.663.